The molecule has 4 unspecified atom stereocenters. The quantitative estimate of drug-likeness (QED) is 0.756. The van der Waals surface area contributed by atoms with Crippen molar-refractivity contribution >= 4 is 0 Å². The van der Waals surface area contributed by atoms with Crippen molar-refractivity contribution in [1.82, 2.24) is 5.32 Å². The summed E-state index contributed by atoms with van der Waals surface area (Å²) in [6, 6.07) is 1.28. The summed E-state index contributed by atoms with van der Waals surface area (Å²) < 4.78 is 5.87. The van der Waals surface area contributed by atoms with Gasteiger partial charge in [0.15, 0.2) is 0 Å². The molecule has 1 heterocycles. The summed E-state index contributed by atoms with van der Waals surface area (Å²) >= 11 is 0. The first kappa shape index (κ1) is 11.0. The van der Waals surface area contributed by atoms with E-state index in [9.17, 15) is 0 Å². The van der Waals surface area contributed by atoms with E-state index in [1.54, 1.807) is 0 Å². The number of nitrogens with one attached hydrogen (secondary N) is 1. The van der Waals surface area contributed by atoms with Crippen molar-refractivity contribution in [3.05, 3.63) is 0 Å². The minimum atomic E-state index is 0.513. The van der Waals surface area contributed by atoms with Crippen molar-refractivity contribution < 1.29 is 4.74 Å². The molecule has 1 aliphatic heterocycles. The number of nitrogens with two attached hydrogens (primary N) is 1. The standard InChI is InChI=1S/C13H24N2O/c14-8-10-2-1-3-11(10)15-12-6-7-16-13(12)9-4-5-9/h9-13,15H,1-8,14H2. The summed E-state index contributed by atoms with van der Waals surface area (Å²) in [4.78, 5) is 0. The Balaban J connectivity index is 1.56. The van der Waals surface area contributed by atoms with E-state index >= 15 is 0 Å². The first-order chi connectivity index (χ1) is 7.88. The molecule has 16 heavy (non-hydrogen) atoms. The highest BCUT2D eigenvalue weighted by Gasteiger charge is 2.42. The summed E-state index contributed by atoms with van der Waals surface area (Å²) in [6.07, 6.45) is 8.46. The number of hydrogen-bond donors (Lipinski definition) is 2. The minimum absolute atomic E-state index is 0.513. The van der Waals surface area contributed by atoms with Gasteiger partial charge in [-0.15, -0.1) is 0 Å². The van der Waals surface area contributed by atoms with Gasteiger partial charge in [-0.05, 0) is 50.5 Å². The number of rotatable bonds is 4. The van der Waals surface area contributed by atoms with Crippen molar-refractivity contribution in [3.63, 3.8) is 0 Å². The maximum Gasteiger partial charge on any atom is 0.0757 e. The fourth-order valence-electron chi connectivity index (χ4n) is 3.49. The van der Waals surface area contributed by atoms with Gasteiger partial charge in [-0.1, -0.05) is 6.42 Å². The van der Waals surface area contributed by atoms with Crippen LogP contribution in [-0.4, -0.2) is 31.3 Å². The van der Waals surface area contributed by atoms with Gasteiger partial charge >= 0.3 is 0 Å². The molecule has 0 radical (unpaired) electrons. The lowest BCUT2D eigenvalue weighted by Gasteiger charge is -2.27. The highest BCUT2D eigenvalue weighted by atomic mass is 16.5. The fourth-order valence-corrected chi connectivity index (χ4v) is 3.49. The van der Waals surface area contributed by atoms with Crippen molar-refractivity contribution in [1.29, 1.82) is 0 Å². The second-order valence-corrected chi connectivity index (χ2v) is 5.77. The molecule has 0 aromatic carbocycles. The lowest BCUT2D eigenvalue weighted by molar-refractivity contribution is 0.0777. The fraction of sp³-hybridized carbons (Fsp3) is 1.00. The lowest BCUT2D eigenvalue weighted by Crippen LogP contribution is -2.46. The van der Waals surface area contributed by atoms with Crippen LogP contribution in [0, 0.1) is 11.8 Å². The predicted octanol–water partition coefficient (Wildman–Crippen LogP) is 1.27. The SMILES string of the molecule is NCC1CCCC1NC1CCOC1C1CC1. The van der Waals surface area contributed by atoms with Crippen LogP contribution in [0.5, 0.6) is 0 Å². The Kier molecular flexibility index (Phi) is 3.18. The lowest BCUT2D eigenvalue weighted by atomic mass is 10.00. The van der Waals surface area contributed by atoms with E-state index in [1.807, 2.05) is 0 Å². The van der Waals surface area contributed by atoms with E-state index in [2.05, 4.69) is 5.32 Å². The van der Waals surface area contributed by atoms with Crippen LogP contribution in [-0.2, 0) is 4.74 Å². The second kappa shape index (κ2) is 4.63. The maximum atomic E-state index is 5.87. The first-order valence-electron chi connectivity index (χ1n) is 6.96. The van der Waals surface area contributed by atoms with Gasteiger partial charge in [-0.25, -0.2) is 0 Å². The average molecular weight is 224 g/mol. The molecule has 0 aromatic rings. The van der Waals surface area contributed by atoms with E-state index < -0.39 is 0 Å². The van der Waals surface area contributed by atoms with Crippen LogP contribution in [0.4, 0.5) is 0 Å². The van der Waals surface area contributed by atoms with Crippen molar-refractivity contribution in [2.24, 2.45) is 17.6 Å². The molecule has 0 aromatic heterocycles. The molecule has 3 rings (SSSR count). The van der Waals surface area contributed by atoms with Gasteiger partial charge in [0.2, 0.25) is 0 Å². The zero-order valence-electron chi connectivity index (χ0n) is 10.0. The molecular weight excluding hydrogens is 200 g/mol. The Hall–Kier alpha value is -0.120. The van der Waals surface area contributed by atoms with Crippen molar-refractivity contribution in [2.45, 2.75) is 56.7 Å². The summed E-state index contributed by atoms with van der Waals surface area (Å²) in [5, 5.41) is 3.85. The Labute approximate surface area is 98.1 Å². The average Bonchev–Trinajstić information content (AvgIpc) is 2.88. The Bertz CT molecular complexity index is 242. The van der Waals surface area contributed by atoms with Crippen LogP contribution in [0.1, 0.15) is 38.5 Å². The highest BCUT2D eigenvalue weighted by Crippen LogP contribution is 2.39. The van der Waals surface area contributed by atoms with Crippen LogP contribution in [0.15, 0.2) is 0 Å². The first-order valence-corrected chi connectivity index (χ1v) is 6.96. The minimum Gasteiger partial charge on any atom is -0.376 e. The summed E-state index contributed by atoms with van der Waals surface area (Å²) in [7, 11) is 0. The van der Waals surface area contributed by atoms with Crippen LogP contribution in [0.2, 0.25) is 0 Å². The van der Waals surface area contributed by atoms with Crippen molar-refractivity contribution in [2.75, 3.05) is 13.2 Å². The third-order valence-corrected chi connectivity index (χ3v) is 4.61. The van der Waals surface area contributed by atoms with E-state index in [0.29, 0.717) is 24.1 Å². The van der Waals surface area contributed by atoms with Crippen LogP contribution in [0.3, 0.4) is 0 Å². The molecule has 4 atom stereocenters. The molecular formula is C13H24N2O. The van der Waals surface area contributed by atoms with E-state index in [1.165, 1.54) is 38.5 Å². The molecule has 92 valence electrons. The third kappa shape index (κ3) is 2.13. The monoisotopic (exact) mass is 224 g/mol. The Morgan fingerprint density at radius 3 is 2.69 bits per heavy atom. The largest absolute Gasteiger partial charge is 0.376 e. The molecule has 0 bridgehead atoms. The van der Waals surface area contributed by atoms with Gasteiger partial charge in [-0.3, -0.25) is 0 Å². The third-order valence-electron chi connectivity index (χ3n) is 4.61. The zero-order chi connectivity index (χ0) is 11.0. The van der Waals surface area contributed by atoms with E-state index in [-0.39, 0.29) is 0 Å². The highest BCUT2D eigenvalue weighted by molar-refractivity contribution is 4.96. The van der Waals surface area contributed by atoms with Gasteiger partial charge in [-0.2, -0.15) is 0 Å². The summed E-state index contributed by atoms with van der Waals surface area (Å²) in [6.45, 7) is 1.80. The smallest absolute Gasteiger partial charge is 0.0757 e. The maximum absolute atomic E-state index is 5.87. The molecule has 2 saturated carbocycles. The molecule has 3 nitrogen and oxygen atoms in total. The number of hydrogen-bond acceptors (Lipinski definition) is 3. The van der Waals surface area contributed by atoms with Gasteiger partial charge in [0, 0.05) is 18.7 Å². The topological polar surface area (TPSA) is 47.3 Å². The molecule has 0 amide bonds. The van der Waals surface area contributed by atoms with Crippen LogP contribution >= 0.6 is 0 Å². The summed E-state index contributed by atoms with van der Waals surface area (Å²) in [5.41, 5.74) is 5.83. The zero-order valence-corrected chi connectivity index (χ0v) is 10.0. The van der Waals surface area contributed by atoms with Crippen molar-refractivity contribution in [3.8, 4) is 0 Å². The predicted molar refractivity (Wildman–Crippen MR) is 64.2 cm³/mol. The molecule has 3 N–H and O–H groups in total. The molecule has 1 saturated heterocycles. The molecule has 3 aliphatic rings. The second-order valence-electron chi connectivity index (χ2n) is 5.77. The van der Waals surface area contributed by atoms with Crippen LogP contribution < -0.4 is 11.1 Å². The Morgan fingerprint density at radius 2 is 1.94 bits per heavy atom. The normalized spacial score (nSPS) is 44.1. The van der Waals surface area contributed by atoms with Gasteiger partial charge in [0.1, 0.15) is 0 Å². The van der Waals surface area contributed by atoms with Crippen LogP contribution in [0.25, 0.3) is 0 Å². The van der Waals surface area contributed by atoms with E-state index in [4.69, 9.17) is 10.5 Å². The molecule has 3 fully saturated rings. The molecule has 3 heteroatoms. The van der Waals surface area contributed by atoms with Gasteiger partial charge in [0.05, 0.1) is 6.10 Å². The van der Waals surface area contributed by atoms with Gasteiger partial charge in [0.25, 0.3) is 0 Å². The molecule has 2 aliphatic carbocycles. The molecule has 0 spiro atoms. The number of ether oxygens (including phenoxy) is 1. The Morgan fingerprint density at radius 1 is 1.06 bits per heavy atom. The van der Waals surface area contributed by atoms with E-state index in [0.717, 1.165) is 19.1 Å². The van der Waals surface area contributed by atoms with Gasteiger partial charge < -0.3 is 15.8 Å². The summed E-state index contributed by atoms with van der Waals surface area (Å²) in [5.74, 6) is 1.57.